The van der Waals surface area contributed by atoms with Gasteiger partial charge in [0.15, 0.2) is 11.6 Å². The highest BCUT2D eigenvalue weighted by molar-refractivity contribution is 5.99. The summed E-state index contributed by atoms with van der Waals surface area (Å²) in [5, 5.41) is 2.72. The van der Waals surface area contributed by atoms with Crippen LogP contribution in [0.2, 0.25) is 0 Å². The van der Waals surface area contributed by atoms with Gasteiger partial charge in [-0.1, -0.05) is 0 Å². The first kappa shape index (κ1) is 19.5. The van der Waals surface area contributed by atoms with Crippen molar-refractivity contribution in [1.29, 1.82) is 0 Å². The highest BCUT2D eigenvalue weighted by atomic mass is 19.2. The number of esters is 1. The molecule has 28 heavy (non-hydrogen) atoms. The Balaban J connectivity index is 1.52. The molecule has 0 unspecified atom stereocenters. The lowest BCUT2D eigenvalue weighted by molar-refractivity contribution is -0.123. The van der Waals surface area contributed by atoms with Gasteiger partial charge in [-0.25, -0.2) is 13.6 Å². The summed E-state index contributed by atoms with van der Waals surface area (Å²) < 4.78 is 31.1. The summed E-state index contributed by atoms with van der Waals surface area (Å²) in [6.45, 7) is 2.36. The van der Waals surface area contributed by atoms with Crippen LogP contribution in [0.15, 0.2) is 42.5 Å². The van der Waals surface area contributed by atoms with E-state index in [1.54, 1.807) is 31.2 Å². The third kappa shape index (κ3) is 4.16. The minimum absolute atomic E-state index is 0.0345. The van der Waals surface area contributed by atoms with E-state index in [9.17, 15) is 23.2 Å². The van der Waals surface area contributed by atoms with E-state index < -0.39 is 29.4 Å². The number of nitrogens with one attached hydrogen (secondary N) is 1. The third-order valence-corrected chi connectivity index (χ3v) is 4.37. The fourth-order valence-corrected chi connectivity index (χ4v) is 2.77. The summed E-state index contributed by atoms with van der Waals surface area (Å²) in [4.78, 5) is 37.5. The van der Waals surface area contributed by atoms with Gasteiger partial charge < -0.3 is 15.0 Å². The molecule has 0 aromatic heterocycles. The van der Waals surface area contributed by atoms with Gasteiger partial charge in [0.1, 0.15) is 0 Å². The van der Waals surface area contributed by atoms with Crippen molar-refractivity contribution in [1.82, 2.24) is 4.90 Å². The van der Waals surface area contributed by atoms with Crippen molar-refractivity contribution in [2.75, 3.05) is 25.0 Å². The van der Waals surface area contributed by atoms with Crippen LogP contribution in [0.3, 0.4) is 0 Å². The maximum atomic E-state index is 13.3. The van der Waals surface area contributed by atoms with Crippen molar-refractivity contribution in [3.63, 3.8) is 0 Å². The normalized spacial score (nSPS) is 13.6. The van der Waals surface area contributed by atoms with Gasteiger partial charge in [-0.3, -0.25) is 9.59 Å². The lowest BCUT2D eigenvalue weighted by Crippen LogP contribution is -2.54. The Morgan fingerprint density at radius 1 is 1.04 bits per heavy atom. The highest BCUT2D eigenvalue weighted by Crippen LogP contribution is 2.22. The van der Waals surface area contributed by atoms with Crippen LogP contribution in [0.5, 0.6) is 0 Å². The van der Waals surface area contributed by atoms with Crippen LogP contribution in [-0.2, 0) is 9.53 Å². The van der Waals surface area contributed by atoms with Crippen molar-refractivity contribution in [2.24, 2.45) is 5.92 Å². The fraction of sp³-hybridized carbons (Fsp3) is 0.250. The second-order valence-electron chi connectivity index (χ2n) is 6.32. The van der Waals surface area contributed by atoms with E-state index in [2.05, 4.69) is 5.32 Å². The average Bonchev–Trinajstić information content (AvgIpc) is 2.63. The molecule has 2 aromatic rings. The molecule has 0 spiro atoms. The Morgan fingerprint density at radius 3 is 2.29 bits per heavy atom. The quantitative estimate of drug-likeness (QED) is 0.800. The van der Waals surface area contributed by atoms with E-state index in [1.165, 1.54) is 11.0 Å². The van der Waals surface area contributed by atoms with Gasteiger partial charge in [0.2, 0.25) is 5.91 Å². The molecule has 1 heterocycles. The molecule has 1 saturated heterocycles. The predicted octanol–water partition coefficient (Wildman–Crippen LogP) is 2.85. The number of hydrogen-bond acceptors (Lipinski definition) is 4. The molecule has 6 nitrogen and oxygen atoms in total. The molecule has 0 saturated carbocycles. The van der Waals surface area contributed by atoms with Crippen molar-refractivity contribution >= 4 is 23.5 Å². The first-order valence-electron chi connectivity index (χ1n) is 8.71. The smallest absolute Gasteiger partial charge is 0.338 e. The number of carbonyl (C=O) groups excluding carboxylic acids is 3. The summed E-state index contributed by atoms with van der Waals surface area (Å²) in [7, 11) is 0. The number of carbonyl (C=O) groups is 3. The van der Waals surface area contributed by atoms with Gasteiger partial charge in [-0.05, 0) is 49.4 Å². The topological polar surface area (TPSA) is 75.7 Å². The van der Waals surface area contributed by atoms with E-state index in [0.29, 0.717) is 11.3 Å². The molecular formula is C20H18F2N2O4. The summed E-state index contributed by atoms with van der Waals surface area (Å²) >= 11 is 0. The summed E-state index contributed by atoms with van der Waals surface area (Å²) in [6.07, 6.45) is 0. The molecule has 1 fully saturated rings. The van der Waals surface area contributed by atoms with Crippen LogP contribution >= 0.6 is 0 Å². The molecular weight excluding hydrogens is 370 g/mol. The molecule has 1 N–H and O–H groups in total. The van der Waals surface area contributed by atoms with Gasteiger partial charge in [0.25, 0.3) is 5.91 Å². The minimum Gasteiger partial charge on any atom is -0.462 e. The van der Waals surface area contributed by atoms with Gasteiger partial charge in [-0.2, -0.15) is 0 Å². The van der Waals surface area contributed by atoms with E-state index in [4.69, 9.17) is 4.74 Å². The standard InChI is InChI=1S/C20H18F2N2O4/c1-2-28-20(27)12-3-6-15(7-4-12)23-18(25)14-10-24(11-14)19(26)13-5-8-16(21)17(22)9-13/h3-9,14H,2,10-11H2,1H3,(H,23,25). The number of amides is 2. The second kappa shape index (κ2) is 8.16. The van der Waals surface area contributed by atoms with Crippen molar-refractivity contribution < 1.29 is 27.9 Å². The van der Waals surface area contributed by atoms with Crippen molar-refractivity contribution in [3.8, 4) is 0 Å². The summed E-state index contributed by atoms with van der Waals surface area (Å²) in [5.41, 5.74) is 0.933. The number of ether oxygens (including phenoxy) is 1. The number of halogens is 2. The Labute approximate surface area is 160 Å². The summed E-state index contributed by atoms with van der Waals surface area (Å²) in [6, 6.07) is 9.22. The SMILES string of the molecule is CCOC(=O)c1ccc(NC(=O)C2CN(C(=O)c3ccc(F)c(F)c3)C2)cc1. The zero-order valence-electron chi connectivity index (χ0n) is 15.1. The molecule has 0 atom stereocenters. The van der Waals surface area contributed by atoms with Crippen molar-refractivity contribution in [2.45, 2.75) is 6.92 Å². The number of likely N-dealkylation sites (tertiary alicyclic amines) is 1. The number of anilines is 1. The molecule has 1 aliphatic heterocycles. The first-order valence-corrected chi connectivity index (χ1v) is 8.71. The molecule has 1 aliphatic rings. The first-order chi connectivity index (χ1) is 13.4. The van der Waals surface area contributed by atoms with Crippen LogP contribution in [0.4, 0.5) is 14.5 Å². The highest BCUT2D eigenvalue weighted by Gasteiger charge is 2.36. The lowest BCUT2D eigenvalue weighted by atomic mass is 9.97. The Hall–Kier alpha value is -3.29. The van der Waals surface area contributed by atoms with Crippen LogP contribution in [0, 0.1) is 17.6 Å². The van der Waals surface area contributed by atoms with E-state index >= 15 is 0 Å². The number of hydrogen-bond donors (Lipinski definition) is 1. The maximum absolute atomic E-state index is 13.3. The Kier molecular flexibility index (Phi) is 5.67. The summed E-state index contributed by atoms with van der Waals surface area (Å²) in [5.74, 6) is -3.68. The zero-order chi connectivity index (χ0) is 20.3. The fourth-order valence-electron chi connectivity index (χ4n) is 2.77. The van der Waals surface area contributed by atoms with Gasteiger partial charge in [0.05, 0.1) is 18.1 Å². The molecule has 2 aromatic carbocycles. The van der Waals surface area contributed by atoms with Crippen LogP contribution in [0.1, 0.15) is 27.6 Å². The van der Waals surface area contributed by atoms with Crippen LogP contribution in [0.25, 0.3) is 0 Å². The molecule has 8 heteroatoms. The zero-order valence-corrected chi connectivity index (χ0v) is 15.1. The minimum atomic E-state index is -1.09. The largest absolute Gasteiger partial charge is 0.462 e. The van der Waals surface area contributed by atoms with E-state index in [1.807, 2.05) is 0 Å². The average molecular weight is 388 g/mol. The molecule has 2 amide bonds. The number of rotatable bonds is 5. The van der Waals surface area contributed by atoms with Gasteiger partial charge >= 0.3 is 5.97 Å². The van der Waals surface area contributed by atoms with Crippen LogP contribution in [-0.4, -0.2) is 42.4 Å². The molecule has 146 valence electrons. The maximum Gasteiger partial charge on any atom is 0.338 e. The lowest BCUT2D eigenvalue weighted by Gasteiger charge is -2.38. The number of benzene rings is 2. The molecule has 0 radical (unpaired) electrons. The van der Waals surface area contributed by atoms with Gasteiger partial charge in [0, 0.05) is 24.3 Å². The van der Waals surface area contributed by atoms with Gasteiger partial charge in [-0.15, -0.1) is 0 Å². The second-order valence-corrected chi connectivity index (χ2v) is 6.32. The molecule has 0 bridgehead atoms. The molecule has 0 aliphatic carbocycles. The number of nitrogens with zero attached hydrogens (tertiary/aromatic N) is 1. The van der Waals surface area contributed by atoms with E-state index in [-0.39, 0.29) is 31.2 Å². The molecule has 3 rings (SSSR count). The predicted molar refractivity (Wildman–Crippen MR) is 96.8 cm³/mol. The van der Waals surface area contributed by atoms with Crippen molar-refractivity contribution in [3.05, 3.63) is 65.2 Å². The Morgan fingerprint density at radius 2 is 1.68 bits per heavy atom. The third-order valence-electron chi connectivity index (χ3n) is 4.37. The Bertz CT molecular complexity index is 909. The van der Waals surface area contributed by atoms with E-state index in [0.717, 1.165) is 12.1 Å². The monoisotopic (exact) mass is 388 g/mol. The van der Waals surface area contributed by atoms with Crippen LogP contribution < -0.4 is 5.32 Å².